The number of halogens is 1. The Morgan fingerprint density at radius 3 is 2.55 bits per heavy atom. The monoisotopic (exact) mass is 483 g/mol. The lowest BCUT2D eigenvalue weighted by Gasteiger charge is -2.14. The number of aliphatic hydroxyl groups excluding tert-OH is 1. The fourth-order valence-electron chi connectivity index (χ4n) is 3.05. The van der Waals surface area contributed by atoms with Crippen LogP contribution in [-0.2, 0) is 15.6 Å². The van der Waals surface area contributed by atoms with Crippen LogP contribution >= 0.6 is 15.9 Å². The predicted molar refractivity (Wildman–Crippen MR) is 111 cm³/mol. The minimum Gasteiger partial charge on any atom is -0.507 e. The molecule has 2 aromatic carbocycles. The number of phenols is 2. The van der Waals surface area contributed by atoms with Gasteiger partial charge >= 0.3 is 0 Å². The number of hydrogen-bond donors (Lipinski definition) is 4. The third-order valence-electron chi connectivity index (χ3n) is 4.73. The van der Waals surface area contributed by atoms with E-state index >= 15 is 0 Å². The molecular weight excluding hydrogens is 462 g/mol. The fraction of sp³-hybridized carbons (Fsp3) is 0.350. The van der Waals surface area contributed by atoms with Crippen molar-refractivity contribution in [2.45, 2.75) is 35.8 Å². The number of carbonyl (C=O) groups is 1. The van der Waals surface area contributed by atoms with E-state index in [-0.39, 0.29) is 40.8 Å². The standard InChI is InChI=1S/C20H22BrNO6S/c21-15-4-5-17(24)18(10-15)29(27,28)11-14-8-13(12-2-3-12)9-16(19(14)25)20(26)22-6-1-7-23/h4-5,8-10,12,23-25H,1-3,6-7,11H2,(H,22,26). The van der Waals surface area contributed by atoms with E-state index in [1.165, 1.54) is 18.2 Å². The Morgan fingerprint density at radius 2 is 1.90 bits per heavy atom. The van der Waals surface area contributed by atoms with Crippen LogP contribution in [0.4, 0.5) is 0 Å². The third kappa shape index (κ3) is 5.09. The summed E-state index contributed by atoms with van der Waals surface area (Å²) in [5, 5.41) is 32.1. The number of rotatable bonds is 8. The summed E-state index contributed by atoms with van der Waals surface area (Å²) >= 11 is 3.19. The molecule has 1 amide bonds. The second-order valence-electron chi connectivity index (χ2n) is 7.05. The van der Waals surface area contributed by atoms with Crippen LogP contribution in [0.3, 0.4) is 0 Å². The molecule has 0 heterocycles. The van der Waals surface area contributed by atoms with Gasteiger partial charge in [0.15, 0.2) is 9.84 Å². The molecule has 0 aromatic heterocycles. The Kier molecular flexibility index (Phi) is 6.50. The molecule has 0 bridgehead atoms. The van der Waals surface area contributed by atoms with Crippen LogP contribution in [-0.4, -0.2) is 42.8 Å². The normalized spacial score (nSPS) is 14.0. The molecule has 2 aromatic rings. The number of hydrogen-bond acceptors (Lipinski definition) is 6. The first-order chi connectivity index (χ1) is 13.7. The van der Waals surface area contributed by atoms with Crippen LogP contribution in [0.25, 0.3) is 0 Å². The molecule has 29 heavy (non-hydrogen) atoms. The SMILES string of the molecule is O=C(NCCCO)c1cc(C2CC2)cc(CS(=O)(=O)c2cc(Br)ccc2O)c1O. The molecule has 0 saturated heterocycles. The van der Waals surface area contributed by atoms with E-state index in [0.717, 1.165) is 18.4 Å². The summed E-state index contributed by atoms with van der Waals surface area (Å²) in [5.41, 5.74) is 0.927. The van der Waals surface area contributed by atoms with E-state index in [1.807, 2.05) is 0 Å². The molecule has 0 spiro atoms. The summed E-state index contributed by atoms with van der Waals surface area (Å²) in [5.74, 6) is -1.62. The summed E-state index contributed by atoms with van der Waals surface area (Å²) in [6, 6.07) is 7.30. The summed E-state index contributed by atoms with van der Waals surface area (Å²) in [7, 11) is -3.98. The van der Waals surface area contributed by atoms with Gasteiger partial charge in [0.2, 0.25) is 0 Å². The lowest BCUT2D eigenvalue weighted by atomic mass is 10.0. The highest BCUT2D eigenvalue weighted by Crippen LogP contribution is 2.43. The number of amides is 1. The van der Waals surface area contributed by atoms with E-state index in [2.05, 4.69) is 21.2 Å². The molecule has 1 aliphatic rings. The third-order valence-corrected chi connectivity index (χ3v) is 6.91. The first-order valence-electron chi connectivity index (χ1n) is 9.19. The van der Waals surface area contributed by atoms with Crippen LogP contribution in [0.2, 0.25) is 0 Å². The van der Waals surface area contributed by atoms with Gasteiger partial charge in [-0.05, 0) is 55.0 Å². The minimum atomic E-state index is -3.98. The molecule has 1 fully saturated rings. The number of aliphatic hydroxyl groups is 1. The molecule has 156 valence electrons. The zero-order valence-electron chi connectivity index (χ0n) is 15.6. The topological polar surface area (TPSA) is 124 Å². The fourth-order valence-corrected chi connectivity index (χ4v) is 5.04. The van der Waals surface area contributed by atoms with Crippen LogP contribution in [0.5, 0.6) is 11.5 Å². The Morgan fingerprint density at radius 1 is 1.17 bits per heavy atom. The zero-order chi connectivity index (χ0) is 21.2. The Balaban J connectivity index is 1.98. The summed E-state index contributed by atoms with van der Waals surface area (Å²) in [4.78, 5) is 12.2. The van der Waals surface area contributed by atoms with Gasteiger partial charge in [-0.3, -0.25) is 4.79 Å². The summed E-state index contributed by atoms with van der Waals surface area (Å²) < 4.78 is 26.3. The quantitative estimate of drug-likeness (QED) is 0.428. The molecule has 0 atom stereocenters. The van der Waals surface area contributed by atoms with Crippen LogP contribution in [0, 0.1) is 0 Å². The summed E-state index contributed by atoms with van der Waals surface area (Å²) in [6.07, 6.45) is 2.25. The Hall–Kier alpha value is -2.10. The van der Waals surface area contributed by atoms with Crippen LogP contribution in [0.1, 0.15) is 46.7 Å². The molecule has 0 aliphatic heterocycles. The highest BCUT2D eigenvalue weighted by molar-refractivity contribution is 9.10. The molecule has 9 heteroatoms. The van der Waals surface area contributed by atoms with Crippen molar-refractivity contribution in [3.63, 3.8) is 0 Å². The van der Waals surface area contributed by atoms with Gasteiger partial charge < -0.3 is 20.6 Å². The lowest BCUT2D eigenvalue weighted by Crippen LogP contribution is -2.25. The predicted octanol–water partition coefficient (Wildman–Crippen LogP) is 2.82. The van der Waals surface area contributed by atoms with E-state index in [1.54, 1.807) is 12.1 Å². The number of phenolic OH excluding ortho intramolecular Hbond substituents is 2. The molecule has 1 aliphatic carbocycles. The Bertz CT molecular complexity index is 1030. The Labute approximate surface area is 177 Å². The average molecular weight is 484 g/mol. The highest BCUT2D eigenvalue weighted by Gasteiger charge is 2.29. The van der Waals surface area contributed by atoms with Crippen molar-refractivity contribution in [2.75, 3.05) is 13.2 Å². The highest BCUT2D eigenvalue weighted by atomic mass is 79.9. The number of aromatic hydroxyl groups is 2. The van der Waals surface area contributed by atoms with E-state index in [4.69, 9.17) is 5.11 Å². The average Bonchev–Trinajstić information content (AvgIpc) is 3.50. The van der Waals surface area contributed by atoms with Gasteiger partial charge in [-0.15, -0.1) is 0 Å². The molecule has 4 N–H and O–H groups in total. The first kappa shape index (κ1) is 21.6. The van der Waals surface area contributed by atoms with Gasteiger partial charge in [-0.25, -0.2) is 8.42 Å². The second-order valence-corrected chi connectivity index (χ2v) is 9.93. The molecule has 0 radical (unpaired) electrons. The smallest absolute Gasteiger partial charge is 0.255 e. The largest absolute Gasteiger partial charge is 0.507 e. The van der Waals surface area contributed by atoms with Crippen molar-refractivity contribution in [3.05, 3.63) is 51.5 Å². The van der Waals surface area contributed by atoms with Crippen LogP contribution < -0.4 is 5.32 Å². The van der Waals surface area contributed by atoms with Gasteiger partial charge in [0.05, 0.1) is 11.3 Å². The molecule has 0 unspecified atom stereocenters. The molecule has 7 nitrogen and oxygen atoms in total. The summed E-state index contributed by atoms with van der Waals surface area (Å²) in [6.45, 7) is 0.163. The minimum absolute atomic E-state index is 0.0102. The van der Waals surface area contributed by atoms with Crippen molar-refractivity contribution in [1.29, 1.82) is 0 Å². The van der Waals surface area contributed by atoms with Crippen molar-refractivity contribution >= 4 is 31.7 Å². The van der Waals surface area contributed by atoms with Crippen LogP contribution in [0.15, 0.2) is 39.7 Å². The number of nitrogens with one attached hydrogen (secondary N) is 1. The molecular formula is C20H22BrNO6S. The van der Waals surface area contributed by atoms with Crippen molar-refractivity contribution in [2.24, 2.45) is 0 Å². The molecule has 1 saturated carbocycles. The maximum Gasteiger partial charge on any atom is 0.255 e. The van der Waals surface area contributed by atoms with Gasteiger partial charge in [0.1, 0.15) is 16.4 Å². The number of sulfone groups is 1. The van der Waals surface area contributed by atoms with Gasteiger partial charge in [-0.1, -0.05) is 22.0 Å². The van der Waals surface area contributed by atoms with Gasteiger partial charge in [-0.2, -0.15) is 0 Å². The first-order valence-corrected chi connectivity index (χ1v) is 11.6. The van der Waals surface area contributed by atoms with Crippen molar-refractivity contribution < 1.29 is 28.5 Å². The second kappa shape index (κ2) is 8.73. The molecule has 3 rings (SSSR count). The lowest BCUT2D eigenvalue weighted by molar-refractivity contribution is 0.0948. The van der Waals surface area contributed by atoms with E-state index in [9.17, 15) is 23.4 Å². The number of benzene rings is 2. The zero-order valence-corrected chi connectivity index (χ0v) is 18.0. The maximum atomic E-state index is 12.9. The van der Waals surface area contributed by atoms with Crippen molar-refractivity contribution in [1.82, 2.24) is 5.32 Å². The van der Waals surface area contributed by atoms with Crippen molar-refractivity contribution in [3.8, 4) is 11.5 Å². The van der Waals surface area contributed by atoms with E-state index < -0.39 is 27.2 Å². The van der Waals surface area contributed by atoms with Gasteiger partial charge in [0.25, 0.3) is 5.91 Å². The number of carbonyl (C=O) groups excluding carboxylic acids is 1. The maximum absolute atomic E-state index is 12.9. The van der Waals surface area contributed by atoms with E-state index in [0.29, 0.717) is 10.9 Å². The van der Waals surface area contributed by atoms with Gasteiger partial charge in [0, 0.05) is 23.2 Å².